The summed E-state index contributed by atoms with van der Waals surface area (Å²) in [7, 11) is -3.73. The number of pyridine rings is 1. The van der Waals surface area contributed by atoms with Gasteiger partial charge in [-0.3, -0.25) is 4.98 Å². The maximum absolute atomic E-state index is 13.0. The Balaban J connectivity index is 1.70. The second kappa shape index (κ2) is 7.58. The molecule has 0 unspecified atom stereocenters. The van der Waals surface area contributed by atoms with E-state index in [4.69, 9.17) is 4.74 Å². The number of hydrogen-bond acceptors (Lipinski definition) is 4. The standard InChI is InChI=1S/C22H20N2O3S/c1-2-27-20-12-13-21(19-11-6-14-23-22(19)20)28(25,26)24-15-17-9-5-8-16-7-3-4-10-18(16)17/h3-14,24H,2,15H2,1H3. The highest BCUT2D eigenvalue weighted by atomic mass is 32.2. The summed E-state index contributed by atoms with van der Waals surface area (Å²) in [6.45, 7) is 2.57. The third-order valence-electron chi connectivity index (χ3n) is 4.61. The van der Waals surface area contributed by atoms with E-state index in [2.05, 4.69) is 9.71 Å². The molecule has 5 nitrogen and oxygen atoms in total. The molecular formula is C22H20N2O3S. The Kier molecular flexibility index (Phi) is 4.98. The van der Waals surface area contributed by atoms with Crippen LogP contribution in [0.1, 0.15) is 12.5 Å². The highest BCUT2D eigenvalue weighted by molar-refractivity contribution is 7.89. The van der Waals surface area contributed by atoms with Crippen molar-refractivity contribution in [3.8, 4) is 5.75 Å². The number of rotatable bonds is 6. The Bertz CT molecular complexity index is 1250. The fourth-order valence-electron chi connectivity index (χ4n) is 3.32. The molecule has 4 aromatic rings. The van der Waals surface area contributed by atoms with Gasteiger partial charge in [0.15, 0.2) is 0 Å². The molecule has 1 N–H and O–H groups in total. The number of fused-ring (bicyclic) bond motifs is 2. The quantitative estimate of drug-likeness (QED) is 0.532. The van der Waals surface area contributed by atoms with E-state index >= 15 is 0 Å². The molecule has 0 bridgehead atoms. The smallest absolute Gasteiger partial charge is 0.241 e. The second-order valence-corrected chi connectivity index (χ2v) is 8.09. The van der Waals surface area contributed by atoms with Crippen LogP contribution in [0.5, 0.6) is 5.75 Å². The van der Waals surface area contributed by atoms with Crippen LogP contribution in [-0.4, -0.2) is 20.0 Å². The van der Waals surface area contributed by atoms with E-state index in [0.717, 1.165) is 16.3 Å². The number of sulfonamides is 1. The molecule has 0 aliphatic heterocycles. The molecule has 6 heteroatoms. The van der Waals surface area contributed by atoms with Crippen molar-refractivity contribution in [3.63, 3.8) is 0 Å². The monoisotopic (exact) mass is 392 g/mol. The molecule has 1 heterocycles. The van der Waals surface area contributed by atoms with Crippen molar-refractivity contribution >= 4 is 31.7 Å². The maximum Gasteiger partial charge on any atom is 0.241 e. The van der Waals surface area contributed by atoms with Crippen LogP contribution >= 0.6 is 0 Å². The van der Waals surface area contributed by atoms with Gasteiger partial charge in [0.2, 0.25) is 10.0 Å². The van der Waals surface area contributed by atoms with Gasteiger partial charge in [-0.1, -0.05) is 42.5 Å². The van der Waals surface area contributed by atoms with Gasteiger partial charge in [-0.25, -0.2) is 13.1 Å². The Hall–Kier alpha value is -2.96. The van der Waals surface area contributed by atoms with Crippen molar-refractivity contribution in [1.82, 2.24) is 9.71 Å². The van der Waals surface area contributed by atoms with E-state index in [1.807, 2.05) is 49.4 Å². The molecule has 0 radical (unpaired) electrons. The molecule has 1 aromatic heterocycles. The van der Waals surface area contributed by atoms with Gasteiger partial charge in [0.05, 0.1) is 11.5 Å². The molecule has 3 aromatic carbocycles. The Morgan fingerprint density at radius 1 is 0.929 bits per heavy atom. The van der Waals surface area contributed by atoms with Gasteiger partial charge in [-0.2, -0.15) is 0 Å². The Labute approximate surface area is 164 Å². The molecule has 0 saturated carbocycles. The number of nitrogens with one attached hydrogen (secondary N) is 1. The minimum absolute atomic E-state index is 0.194. The lowest BCUT2D eigenvalue weighted by Crippen LogP contribution is -2.23. The molecule has 28 heavy (non-hydrogen) atoms. The summed E-state index contributed by atoms with van der Waals surface area (Å²) in [4.78, 5) is 4.51. The first kappa shape index (κ1) is 18.4. The summed E-state index contributed by atoms with van der Waals surface area (Å²) in [5.41, 5.74) is 1.47. The SMILES string of the molecule is CCOc1ccc(S(=O)(=O)NCc2cccc3ccccc23)c2cccnc12. The van der Waals surface area contributed by atoms with Crippen molar-refractivity contribution in [1.29, 1.82) is 0 Å². The highest BCUT2D eigenvalue weighted by Gasteiger charge is 2.20. The topological polar surface area (TPSA) is 68.3 Å². The van der Waals surface area contributed by atoms with Crippen molar-refractivity contribution in [2.45, 2.75) is 18.4 Å². The van der Waals surface area contributed by atoms with Gasteiger partial charge < -0.3 is 4.74 Å². The highest BCUT2D eigenvalue weighted by Crippen LogP contribution is 2.29. The van der Waals surface area contributed by atoms with Gasteiger partial charge in [0, 0.05) is 18.1 Å². The van der Waals surface area contributed by atoms with Crippen molar-refractivity contribution in [2.24, 2.45) is 0 Å². The Morgan fingerprint density at radius 3 is 2.57 bits per heavy atom. The molecule has 4 rings (SSSR count). The predicted molar refractivity (Wildman–Crippen MR) is 111 cm³/mol. The maximum atomic E-state index is 13.0. The molecule has 0 aliphatic carbocycles. The summed E-state index contributed by atoms with van der Waals surface area (Å²) in [6.07, 6.45) is 1.63. The lowest BCUT2D eigenvalue weighted by molar-refractivity contribution is 0.343. The molecule has 0 saturated heterocycles. The normalized spacial score (nSPS) is 11.8. The van der Waals surface area contributed by atoms with Gasteiger partial charge in [0.1, 0.15) is 11.3 Å². The minimum Gasteiger partial charge on any atom is -0.492 e. The number of hydrogen-bond donors (Lipinski definition) is 1. The van der Waals surface area contributed by atoms with E-state index in [9.17, 15) is 8.42 Å². The van der Waals surface area contributed by atoms with Gasteiger partial charge in [-0.05, 0) is 47.5 Å². The summed E-state index contributed by atoms with van der Waals surface area (Å²) in [6, 6.07) is 20.5. The minimum atomic E-state index is -3.73. The molecule has 0 aliphatic rings. The van der Waals surface area contributed by atoms with Crippen molar-refractivity contribution in [3.05, 3.63) is 78.5 Å². The van der Waals surface area contributed by atoms with Gasteiger partial charge in [-0.15, -0.1) is 0 Å². The van der Waals surface area contributed by atoms with Crippen LogP contribution in [0.25, 0.3) is 21.7 Å². The van der Waals surface area contributed by atoms with Crippen molar-refractivity contribution < 1.29 is 13.2 Å². The zero-order valence-electron chi connectivity index (χ0n) is 15.4. The van der Waals surface area contributed by atoms with Gasteiger partial charge >= 0.3 is 0 Å². The third-order valence-corrected chi connectivity index (χ3v) is 6.07. The summed E-state index contributed by atoms with van der Waals surface area (Å²) >= 11 is 0. The molecular weight excluding hydrogens is 372 g/mol. The van der Waals surface area contributed by atoms with E-state index in [1.165, 1.54) is 0 Å². The third kappa shape index (κ3) is 3.44. The van der Waals surface area contributed by atoms with Crippen LogP contribution < -0.4 is 9.46 Å². The second-order valence-electron chi connectivity index (χ2n) is 6.36. The van der Waals surface area contributed by atoms with Crippen LogP contribution in [0, 0.1) is 0 Å². The van der Waals surface area contributed by atoms with Crippen LogP contribution in [0.2, 0.25) is 0 Å². The number of ether oxygens (including phenoxy) is 1. The first-order chi connectivity index (χ1) is 13.6. The molecule has 142 valence electrons. The molecule has 0 fully saturated rings. The fourth-order valence-corrected chi connectivity index (χ4v) is 4.53. The number of benzene rings is 3. The largest absolute Gasteiger partial charge is 0.492 e. The zero-order valence-corrected chi connectivity index (χ0v) is 16.2. The van der Waals surface area contributed by atoms with Gasteiger partial charge in [0.25, 0.3) is 0 Å². The van der Waals surface area contributed by atoms with Crippen molar-refractivity contribution in [2.75, 3.05) is 6.61 Å². The first-order valence-electron chi connectivity index (χ1n) is 9.07. The van der Waals surface area contributed by atoms with Crippen LogP contribution in [0.3, 0.4) is 0 Å². The molecule has 0 amide bonds. The van der Waals surface area contributed by atoms with Crippen LogP contribution in [0.4, 0.5) is 0 Å². The van der Waals surface area contributed by atoms with E-state index in [0.29, 0.717) is 23.3 Å². The summed E-state index contributed by atoms with van der Waals surface area (Å²) in [5, 5.41) is 2.65. The average molecular weight is 392 g/mol. The predicted octanol–water partition coefficient (Wildman–Crippen LogP) is 4.27. The number of nitrogens with zero attached hydrogens (tertiary/aromatic N) is 1. The van der Waals surface area contributed by atoms with Crippen LogP contribution in [-0.2, 0) is 16.6 Å². The first-order valence-corrected chi connectivity index (χ1v) is 10.6. The summed E-state index contributed by atoms with van der Waals surface area (Å²) in [5.74, 6) is 0.575. The zero-order chi connectivity index (χ0) is 19.6. The molecule has 0 atom stereocenters. The fraction of sp³-hybridized carbons (Fsp3) is 0.136. The lowest BCUT2D eigenvalue weighted by atomic mass is 10.1. The van der Waals surface area contributed by atoms with E-state index < -0.39 is 10.0 Å². The lowest BCUT2D eigenvalue weighted by Gasteiger charge is -2.13. The Morgan fingerprint density at radius 2 is 1.71 bits per heavy atom. The summed E-state index contributed by atoms with van der Waals surface area (Å²) < 4.78 is 34.4. The van der Waals surface area contributed by atoms with Crippen LogP contribution in [0.15, 0.2) is 77.8 Å². The molecule has 0 spiro atoms. The van der Waals surface area contributed by atoms with E-state index in [-0.39, 0.29) is 11.4 Å². The van der Waals surface area contributed by atoms with E-state index in [1.54, 1.807) is 30.5 Å². The number of aromatic nitrogens is 1. The average Bonchev–Trinajstić information content (AvgIpc) is 2.72.